The Morgan fingerprint density at radius 3 is 2.37 bits per heavy atom. The average Bonchev–Trinajstić information content (AvgIpc) is 3.55. The Balaban J connectivity index is 1.45. The molecule has 1 aliphatic carbocycles. The van der Waals surface area contributed by atoms with Crippen LogP contribution in [-0.2, 0) is 32.0 Å². The van der Waals surface area contributed by atoms with E-state index in [2.05, 4.69) is 0 Å². The van der Waals surface area contributed by atoms with Crippen molar-refractivity contribution in [2.24, 2.45) is 5.92 Å². The van der Waals surface area contributed by atoms with Gasteiger partial charge in [0.25, 0.3) is 5.91 Å². The van der Waals surface area contributed by atoms with E-state index in [1.807, 2.05) is 60.7 Å². The molecule has 2 amide bonds. The van der Waals surface area contributed by atoms with Gasteiger partial charge in [0.15, 0.2) is 6.10 Å². The van der Waals surface area contributed by atoms with Gasteiger partial charge in [0, 0.05) is 4.88 Å². The predicted molar refractivity (Wildman–Crippen MR) is 131 cm³/mol. The summed E-state index contributed by atoms with van der Waals surface area (Å²) in [6.07, 6.45) is 2.58. The number of hydroxylamine groups is 1. The molecule has 8 heteroatoms. The first-order valence-corrected chi connectivity index (χ1v) is 12.6. The number of ether oxygens (including phenoxy) is 1. The quantitative estimate of drug-likeness (QED) is 0.399. The Morgan fingerprint density at radius 2 is 1.66 bits per heavy atom. The van der Waals surface area contributed by atoms with Gasteiger partial charge in [-0.25, -0.2) is 14.8 Å². The zero-order valence-electron chi connectivity index (χ0n) is 19.2. The highest BCUT2D eigenvalue weighted by Gasteiger charge is 2.61. The zero-order chi connectivity index (χ0) is 24.1. The molecule has 2 saturated heterocycles. The van der Waals surface area contributed by atoms with Crippen LogP contribution >= 0.6 is 11.3 Å². The van der Waals surface area contributed by atoms with Crippen LogP contribution < -0.4 is 9.96 Å². The Bertz CT molecular complexity index is 1310. The molecule has 178 valence electrons. The maximum absolute atomic E-state index is 14.0. The SMILES string of the molecule is COC(=O)c1c(N2C(=O)[C@H]3[C@H](ON(c4ccccc4)[C@@H]3c3ccccc3)C2=O)sc2c1CCCC2. The van der Waals surface area contributed by atoms with Crippen LogP contribution in [0.5, 0.6) is 0 Å². The minimum absolute atomic E-state index is 0.351. The number of imide groups is 1. The van der Waals surface area contributed by atoms with Crippen LogP contribution in [0.1, 0.15) is 45.2 Å². The van der Waals surface area contributed by atoms with Gasteiger partial charge in [-0.3, -0.25) is 14.4 Å². The second kappa shape index (κ2) is 8.62. The monoisotopic (exact) mass is 488 g/mol. The first-order chi connectivity index (χ1) is 17.1. The molecule has 2 aromatic carbocycles. The molecule has 0 unspecified atom stereocenters. The van der Waals surface area contributed by atoms with E-state index in [4.69, 9.17) is 9.57 Å². The minimum atomic E-state index is -0.975. The molecular formula is C27H24N2O5S. The number of thiophene rings is 1. The van der Waals surface area contributed by atoms with E-state index in [1.54, 1.807) is 5.06 Å². The number of carbonyl (C=O) groups excluding carboxylic acids is 3. The minimum Gasteiger partial charge on any atom is -0.465 e. The fourth-order valence-corrected chi connectivity index (χ4v) is 6.81. The third-order valence-electron chi connectivity index (χ3n) is 7.01. The third-order valence-corrected chi connectivity index (χ3v) is 8.29. The lowest BCUT2D eigenvalue weighted by Gasteiger charge is -2.28. The number of benzene rings is 2. The van der Waals surface area contributed by atoms with E-state index in [9.17, 15) is 14.4 Å². The van der Waals surface area contributed by atoms with E-state index >= 15 is 0 Å². The van der Waals surface area contributed by atoms with Crippen LogP contribution in [0.3, 0.4) is 0 Å². The number of amides is 2. The molecule has 3 aromatic rings. The first-order valence-electron chi connectivity index (χ1n) is 11.8. The lowest BCUT2D eigenvalue weighted by Crippen LogP contribution is -2.37. The van der Waals surface area contributed by atoms with Gasteiger partial charge < -0.3 is 4.74 Å². The molecule has 35 heavy (non-hydrogen) atoms. The lowest BCUT2D eigenvalue weighted by atomic mass is 9.90. The summed E-state index contributed by atoms with van der Waals surface area (Å²) in [6, 6.07) is 18.6. The smallest absolute Gasteiger partial charge is 0.341 e. The van der Waals surface area contributed by atoms with Crippen molar-refractivity contribution in [2.75, 3.05) is 17.1 Å². The van der Waals surface area contributed by atoms with Gasteiger partial charge in [0.05, 0.1) is 24.4 Å². The molecule has 0 bridgehead atoms. The van der Waals surface area contributed by atoms with Crippen molar-refractivity contribution < 1.29 is 24.0 Å². The number of para-hydroxylation sites is 1. The van der Waals surface area contributed by atoms with Crippen molar-refractivity contribution in [1.82, 2.24) is 0 Å². The number of nitrogens with zero attached hydrogens (tertiary/aromatic N) is 2. The fraction of sp³-hybridized carbons (Fsp3) is 0.296. The molecule has 3 atom stereocenters. The highest BCUT2D eigenvalue weighted by molar-refractivity contribution is 7.17. The standard InChI is InChI=1S/C27H24N2O5S/c1-33-27(32)20-18-14-8-9-15-19(18)35-26(20)28-24(30)21-22(16-10-4-2-5-11-16)29(34-23(21)25(28)31)17-12-6-3-7-13-17/h2-7,10-13,21-23H,8-9,14-15H2,1H3/t21-,22-,23+/m1/s1. The Labute approximate surface area is 206 Å². The molecule has 0 N–H and O–H groups in total. The summed E-state index contributed by atoms with van der Waals surface area (Å²) in [4.78, 5) is 49.0. The van der Waals surface area contributed by atoms with E-state index in [0.717, 1.165) is 47.4 Å². The number of esters is 1. The average molecular weight is 489 g/mol. The molecule has 0 spiro atoms. The van der Waals surface area contributed by atoms with Crippen molar-refractivity contribution in [3.05, 3.63) is 82.2 Å². The van der Waals surface area contributed by atoms with Crippen molar-refractivity contribution in [1.29, 1.82) is 0 Å². The summed E-state index contributed by atoms with van der Waals surface area (Å²) in [6.45, 7) is 0. The van der Waals surface area contributed by atoms with E-state index in [1.165, 1.54) is 23.3 Å². The van der Waals surface area contributed by atoms with Gasteiger partial charge in [-0.05, 0) is 48.9 Å². The van der Waals surface area contributed by atoms with Gasteiger partial charge in [0.2, 0.25) is 5.91 Å². The van der Waals surface area contributed by atoms with Crippen LogP contribution in [-0.4, -0.2) is 31.0 Å². The van der Waals surface area contributed by atoms with Gasteiger partial charge in [0.1, 0.15) is 10.9 Å². The van der Waals surface area contributed by atoms with Gasteiger partial charge in [-0.15, -0.1) is 11.3 Å². The van der Waals surface area contributed by atoms with Crippen molar-refractivity contribution in [2.45, 2.75) is 37.8 Å². The summed E-state index contributed by atoms with van der Waals surface area (Å²) < 4.78 is 5.07. The second-order valence-electron chi connectivity index (χ2n) is 8.96. The Hall–Kier alpha value is -3.49. The number of carbonyl (C=O) groups is 3. The zero-order valence-corrected chi connectivity index (χ0v) is 20.0. The highest BCUT2D eigenvalue weighted by Crippen LogP contribution is 2.50. The number of hydrogen-bond donors (Lipinski definition) is 0. The highest BCUT2D eigenvalue weighted by atomic mass is 32.1. The van der Waals surface area contributed by atoms with E-state index in [-0.39, 0.29) is 5.91 Å². The molecule has 2 fully saturated rings. The van der Waals surface area contributed by atoms with Crippen LogP contribution in [0, 0.1) is 5.92 Å². The van der Waals surface area contributed by atoms with Gasteiger partial charge >= 0.3 is 5.97 Å². The molecule has 3 heterocycles. The molecule has 2 aliphatic heterocycles. The second-order valence-corrected chi connectivity index (χ2v) is 10.0. The fourth-order valence-electron chi connectivity index (χ4n) is 5.42. The summed E-state index contributed by atoms with van der Waals surface area (Å²) in [7, 11) is 1.33. The van der Waals surface area contributed by atoms with Crippen molar-refractivity contribution in [3.63, 3.8) is 0 Å². The van der Waals surface area contributed by atoms with E-state index in [0.29, 0.717) is 10.6 Å². The summed E-state index contributed by atoms with van der Waals surface area (Å²) in [5.41, 5.74) is 2.91. The molecular weight excluding hydrogens is 464 g/mol. The number of aryl methyl sites for hydroxylation is 1. The van der Waals surface area contributed by atoms with Crippen LogP contribution in [0.2, 0.25) is 0 Å². The largest absolute Gasteiger partial charge is 0.465 e. The maximum Gasteiger partial charge on any atom is 0.341 e. The van der Waals surface area contributed by atoms with E-state index < -0.39 is 29.9 Å². The maximum atomic E-state index is 14.0. The number of rotatable bonds is 4. The molecule has 0 radical (unpaired) electrons. The molecule has 0 saturated carbocycles. The van der Waals surface area contributed by atoms with Gasteiger partial charge in [-0.2, -0.15) is 0 Å². The van der Waals surface area contributed by atoms with Gasteiger partial charge in [-0.1, -0.05) is 48.5 Å². The number of fused-ring (bicyclic) bond motifs is 2. The van der Waals surface area contributed by atoms with Crippen molar-refractivity contribution >= 4 is 39.8 Å². The molecule has 3 aliphatic rings. The molecule has 7 nitrogen and oxygen atoms in total. The number of hydrogen-bond acceptors (Lipinski definition) is 7. The van der Waals surface area contributed by atoms with Crippen LogP contribution in [0.4, 0.5) is 10.7 Å². The van der Waals surface area contributed by atoms with Crippen molar-refractivity contribution in [3.8, 4) is 0 Å². The lowest BCUT2D eigenvalue weighted by molar-refractivity contribution is -0.126. The topological polar surface area (TPSA) is 76.2 Å². The summed E-state index contributed by atoms with van der Waals surface area (Å²) >= 11 is 1.36. The first kappa shape index (κ1) is 22.0. The molecule has 6 rings (SSSR count). The molecule has 1 aromatic heterocycles. The predicted octanol–water partition coefficient (Wildman–Crippen LogP) is 4.46. The Morgan fingerprint density at radius 1 is 0.971 bits per heavy atom. The summed E-state index contributed by atoms with van der Waals surface area (Å²) in [5, 5.41) is 2.05. The van der Waals surface area contributed by atoms with Crippen LogP contribution in [0.25, 0.3) is 0 Å². The summed E-state index contributed by atoms with van der Waals surface area (Å²) in [5.74, 6) is -2.04. The third kappa shape index (κ3) is 3.39. The Kier molecular flexibility index (Phi) is 5.42. The number of methoxy groups -OCH3 is 1. The normalized spacial score (nSPS) is 23.4. The number of anilines is 2. The van der Waals surface area contributed by atoms with Crippen LogP contribution in [0.15, 0.2) is 60.7 Å².